The van der Waals surface area contributed by atoms with Gasteiger partial charge in [-0.1, -0.05) is 90.9 Å². The molecule has 0 N–H and O–H groups in total. The van der Waals surface area contributed by atoms with Crippen molar-refractivity contribution in [2.45, 2.75) is 117 Å². The van der Waals surface area contributed by atoms with Gasteiger partial charge in [0.2, 0.25) is 0 Å². The van der Waals surface area contributed by atoms with E-state index in [1.807, 2.05) is 0 Å². The molecule has 0 saturated carbocycles. The zero-order chi connectivity index (χ0) is 17.5. The SMILES string of the molecule is CCCCCCCCCCCCN1C=CN(CCCCCC)C1C. The van der Waals surface area contributed by atoms with Crippen LogP contribution in [0.25, 0.3) is 0 Å². The van der Waals surface area contributed by atoms with Crippen molar-refractivity contribution >= 4 is 0 Å². The lowest BCUT2D eigenvalue weighted by molar-refractivity contribution is 0.165. The second kappa shape index (κ2) is 14.7. The fourth-order valence-electron chi connectivity index (χ4n) is 3.64. The van der Waals surface area contributed by atoms with E-state index in [4.69, 9.17) is 0 Å². The van der Waals surface area contributed by atoms with E-state index >= 15 is 0 Å². The zero-order valence-corrected chi connectivity index (χ0v) is 16.9. The highest BCUT2D eigenvalue weighted by Gasteiger charge is 2.20. The van der Waals surface area contributed by atoms with Gasteiger partial charge in [-0.15, -0.1) is 0 Å². The van der Waals surface area contributed by atoms with Crippen LogP contribution in [0.1, 0.15) is 111 Å². The van der Waals surface area contributed by atoms with E-state index in [1.54, 1.807) is 0 Å². The maximum Gasteiger partial charge on any atom is 0.0977 e. The summed E-state index contributed by atoms with van der Waals surface area (Å²) in [5, 5.41) is 0. The van der Waals surface area contributed by atoms with Gasteiger partial charge in [0.25, 0.3) is 0 Å². The average molecular weight is 337 g/mol. The minimum atomic E-state index is 0.574. The standard InChI is InChI=1S/C22H44N2/c1-4-6-8-10-11-12-13-14-15-17-19-24-21-20-23(22(24)3)18-16-9-7-5-2/h20-22H,4-19H2,1-3H3. The van der Waals surface area contributed by atoms with Gasteiger partial charge in [0, 0.05) is 25.5 Å². The number of hydrogen-bond donors (Lipinski definition) is 0. The first-order valence-corrected chi connectivity index (χ1v) is 11.0. The van der Waals surface area contributed by atoms with Crippen LogP contribution in [0.2, 0.25) is 0 Å². The minimum Gasteiger partial charge on any atom is -0.356 e. The van der Waals surface area contributed by atoms with Crippen LogP contribution in [-0.4, -0.2) is 29.1 Å². The third-order valence-electron chi connectivity index (χ3n) is 5.45. The fraction of sp³-hybridized carbons (Fsp3) is 0.909. The van der Waals surface area contributed by atoms with Crippen LogP contribution < -0.4 is 0 Å². The molecule has 1 aliphatic rings. The van der Waals surface area contributed by atoms with Crippen LogP contribution in [0.15, 0.2) is 12.4 Å². The summed E-state index contributed by atoms with van der Waals surface area (Å²) in [4.78, 5) is 5.05. The molecular weight excluding hydrogens is 292 g/mol. The predicted octanol–water partition coefficient (Wildman–Crippen LogP) is 6.92. The van der Waals surface area contributed by atoms with Crippen molar-refractivity contribution in [2.75, 3.05) is 13.1 Å². The van der Waals surface area contributed by atoms with E-state index in [0.29, 0.717) is 6.17 Å². The molecule has 0 saturated heterocycles. The van der Waals surface area contributed by atoms with E-state index in [9.17, 15) is 0 Å². The molecule has 2 heteroatoms. The first-order chi connectivity index (χ1) is 11.8. The smallest absolute Gasteiger partial charge is 0.0977 e. The lowest BCUT2D eigenvalue weighted by Gasteiger charge is -2.29. The van der Waals surface area contributed by atoms with Crippen LogP contribution in [-0.2, 0) is 0 Å². The molecule has 0 aromatic rings. The molecule has 1 atom stereocenters. The van der Waals surface area contributed by atoms with Crippen LogP contribution in [0.4, 0.5) is 0 Å². The lowest BCUT2D eigenvalue weighted by Crippen LogP contribution is -2.36. The van der Waals surface area contributed by atoms with Crippen LogP contribution in [0.3, 0.4) is 0 Å². The third kappa shape index (κ3) is 9.59. The van der Waals surface area contributed by atoms with Gasteiger partial charge < -0.3 is 9.80 Å². The monoisotopic (exact) mass is 336 g/mol. The first kappa shape index (κ1) is 21.4. The molecule has 142 valence electrons. The molecule has 0 aliphatic carbocycles. The molecule has 0 aromatic heterocycles. The zero-order valence-electron chi connectivity index (χ0n) is 16.9. The van der Waals surface area contributed by atoms with E-state index in [-0.39, 0.29) is 0 Å². The maximum atomic E-state index is 2.53. The van der Waals surface area contributed by atoms with Gasteiger partial charge in [-0.05, 0) is 19.8 Å². The van der Waals surface area contributed by atoms with E-state index in [2.05, 4.69) is 43.0 Å². The Hall–Kier alpha value is -0.660. The van der Waals surface area contributed by atoms with Gasteiger partial charge in [0.05, 0.1) is 6.17 Å². The number of unbranched alkanes of at least 4 members (excludes halogenated alkanes) is 12. The van der Waals surface area contributed by atoms with Gasteiger partial charge in [0.15, 0.2) is 0 Å². The highest BCUT2D eigenvalue weighted by molar-refractivity contribution is 4.95. The number of rotatable bonds is 16. The molecular formula is C22H44N2. The van der Waals surface area contributed by atoms with Crippen LogP contribution in [0, 0.1) is 0 Å². The Bertz CT molecular complexity index is 300. The normalized spacial score (nSPS) is 17.2. The molecule has 1 heterocycles. The van der Waals surface area contributed by atoms with Gasteiger partial charge in [-0.3, -0.25) is 0 Å². The molecule has 2 nitrogen and oxygen atoms in total. The Morgan fingerprint density at radius 1 is 0.542 bits per heavy atom. The van der Waals surface area contributed by atoms with Crippen molar-refractivity contribution in [3.05, 3.63) is 12.4 Å². The molecule has 1 rings (SSSR count). The summed E-state index contributed by atoms with van der Waals surface area (Å²) in [5.74, 6) is 0. The largest absolute Gasteiger partial charge is 0.356 e. The lowest BCUT2D eigenvalue weighted by atomic mass is 10.1. The van der Waals surface area contributed by atoms with Gasteiger partial charge in [0.1, 0.15) is 0 Å². The van der Waals surface area contributed by atoms with Gasteiger partial charge in [-0.25, -0.2) is 0 Å². The highest BCUT2D eigenvalue weighted by atomic mass is 15.4. The molecule has 0 radical (unpaired) electrons. The van der Waals surface area contributed by atoms with Crippen molar-refractivity contribution in [2.24, 2.45) is 0 Å². The molecule has 0 aromatic carbocycles. The Balaban J connectivity index is 1.93. The molecule has 0 amide bonds. The average Bonchev–Trinajstić information content (AvgIpc) is 2.94. The number of hydrogen-bond acceptors (Lipinski definition) is 2. The first-order valence-electron chi connectivity index (χ1n) is 11.0. The summed E-state index contributed by atoms with van der Waals surface area (Å²) in [7, 11) is 0. The highest BCUT2D eigenvalue weighted by Crippen LogP contribution is 2.18. The van der Waals surface area contributed by atoms with Crippen molar-refractivity contribution in [3.63, 3.8) is 0 Å². The van der Waals surface area contributed by atoms with E-state index in [0.717, 1.165) is 0 Å². The van der Waals surface area contributed by atoms with Crippen LogP contribution >= 0.6 is 0 Å². The number of nitrogens with zero attached hydrogens (tertiary/aromatic N) is 2. The van der Waals surface area contributed by atoms with Crippen molar-refractivity contribution < 1.29 is 0 Å². The van der Waals surface area contributed by atoms with Crippen molar-refractivity contribution in [1.29, 1.82) is 0 Å². The Kier molecular flexibility index (Phi) is 13.1. The quantitative estimate of drug-likeness (QED) is 0.282. The molecule has 0 bridgehead atoms. The molecule has 24 heavy (non-hydrogen) atoms. The van der Waals surface area contributed by atoms with E-state index < -0.39 is 0 Å². The Labute approximate surface area is 152 Å². The second-order valence-corrected chi connectivity index (χ2v) is 7.65. The summed E-state index contributed by atoms with van der Waals surface area (Å²) in [6, 6.07) is 0. The molecule has 0 spiro atoms. The summed E-state index contributed by atoms with van der Waals surface area (Å²) < 4.78 is 0. The van der Waals surface area contributed by atoms with Gasteiger partial charge in [-0.2, -0.15) is 0 Å². The predicted molar refractivity (Wildman–Crippen MR) is 108 cm³/mol. The van der Waals surface area contributed by atoms with Crippen LogP contribution in [0.5, 0.6) is 0 Å². The summed E-state index contributed by atoms with van der Waals surface area (Å²) >= 11 is 0. The fourth-order valence-corrected chi connectivity index (χ4v) is 3.64. The minimum absolute atomic E-state index is 0.574. The molecule has 0 fully saturated rings. The topological polar surface area (TPSA) is 6.48 Å². The molecule has 1 aliphatic heterocycles. The van der Waals surface area contributed by atoms with Gasteiger partial charge >= 0.3 is 0 Å². The van der Waals surface area contributed by atoms with Crippen molar-refractivity contribution in [3.8, 4) is 0 Å². The third-order valence-corrected chi connectivity index (χ3v) is 5.45. The van der Waals surface area contributed by atoms with E-state index in [1.165, 1.54) is 103 Å². The Morgan fingerprint density at radius 2 is 0.875 bits per heavy atom. The Morgan fingerprint density at radius 3 is 1.29 bits per heavy atom. The molecule has 1 unspecified atom stereocenters. The summed E-state index contributed by atoms with van der Waals surface area (Å²) in [6.07, 6.45) is 24.9. The maximum absolute atomic E-state index is 2.53. The summed E-state index contributed by atoms with van der Waals surface area (Å²) in [6.45, 7) is 9.40. The summed E-state index contributed by atoms with van der Waals surface area (Å²) in [5.41, 5.74) is 0. The van der Waals surface area contributed by atoms with Crippen molar-refractivity contribution in [1.82, 2.24) is 9.80 Å². The second-order valence-electron chi connectivity index (χ2n) is 7.65.